The van der Waals surface area contributed by atoms with Crippen LogP contribution >= 0.6 is 0 Å². The van der Waals surface area contributed by atoms with Crippen molar-refractivity contribution in [2.24, 2.45) is 0 Å². The standard InChI is InChI=1S/C13H8F5NO6/c1-24-11(21)8-9(20)6-4-5(19(22)23)2-3-7(6)25-10(8)12(14,15)13(16,17)18/h2-4,9,20H,1H3. The lowest BCUT2D eigenvalue weighted by molar-refractivity contribution is -0.385. The number of halogens is 5. The quantitative estimate of drug-likeness (QED) is 0.381. The second-order valence-corrected chi connectivity index (χ2v) is 4.79. The molecular weight excluding hydrogens is 361 g/mol. The fourth-order valence-corrected chi connectivity index (χ4v) is 2.08. The highest BCUT2D eigenvalue weighted by Gasteiger charge is 2.64. The van der Waals surface area contributed by atoms with Gasteiger partial charge in [-0.15, -0.1) is 0 Å². The fraction of sp³-hybridized carbons (Fsp3) is 0.308. The van der Waals surface area contributed by atoms with Crippen molar-refractivity contribution < 1.29 is 46.3 Å². The molecule has 0 radical (unpaired) electrons. The number of hydrogen-bond donors (Lipinski definition) is 1. The fourth-order valence-electron chi connectivity index (χ4n) is 2.08. The second kappa shape index (κ2) is 5.95. The highest BCUT2D eigenvalue weighted by atomic mass is 19.4. The number of benzene rings is 1. The molecule has 1 aliphatic rings. The Morgan fingerprint density at radius 3 is 2.40 bits per heavy atom. The van der Waals surface area contributed by atoms with E-state index in [1.807, 2.05) is 0 Å². The Morgan fingerprint density at radius 1 is 1.32 bits per heavy atom. The molecular formula is C13H8F5NO6. The van der Waals surface area contributed by atoms with E-state index in [4.69, 9.17) is 0 Å². The van der Waals surface area contributed by atoms with E-state index >= 15 is 0 Å². The predicted octanol–water partition coefficient (Wildman–Crippen LogP) is 2.65. The number of nitrogens with zero attached hydrogens (tertiary/aromatic N) is 1. The third-order valence-electron chi connectivity index (χ3n) is 3.28. The summed E-state index contributed by atoms with van der Waals surface area (Å²) in [4.78, 5) is 21.5. The van der Waals surface area contributed by atoms with Gasteiger partial charge in [0.25, 0.3) is 5.69 Å². The number of alkyl halides is 5. The summed E-state index contributed by atoms with van der Waals surface area (Å²) < 4.78 is 73.9. The number of ether oxygens (including phenoxy) is 2. The van der Waals surface area contributed by atoms with Gasteiger partial charge < -0.3 is 14.6 Å². The monoisotopic (exact) mass is 369 g/mol. The molecule has 2 rings (SSSR count). The first-order valence-electron chi connectivity index (χ1n) is 6.33. The van der Waals surface area contributed by atoms with Crippen molar-refractivity contribution in [1.82, 2.24) is 0 Å². The van der Waals surface area contributed by atoms with E-state index in [9.17, 15) is 42.0 Å². The van der Waals surface area contributed by atoms with Crippen LogP contribution in [0.3, 0.4) is 0 Å². The molecule has 12 heteroatoms. The zero-order valence-corrected chi connectivity index (χ0v) is 12.1. The number of hydrogen-bond acceptors (Lipinski definition) is 6. The van der Waals surface area contributed by atoms with E-state index in [1.165, 1.54) is 0 Å². The molecule has 25 heavy (non-hydrogen) atoms. The predicted molar refractivity (Wildman–Crippen MR) is 68.7 cm³/mol. The van der Waals surface area contributed by atoms with Gasteiger partial charge in [-0.25, -0.2) is 4.79 Å². The largest absolute Gasteiger partial charge is 0.465 e. The smallest absolute Gasteiger partial charge is 0.461 e. The summed E-state index contributed by atoms with van der Waals surface area (Å²) in [6.45, 7) is 0. The summed E-state index contributed by atoms with van der Waals surface area (Å²) in [6, 6.07) is 2.20. The first-order chi connectivity index (χ1) is 11.4. The number of rotatable bonds is 3. The minimum atomic E-state index is -6.13. The zero-order chi connectivity index (χ0) is 19.2. The molecule has 1 aromatic rings. The maximum Gasteiger partial charge on any atom is 0.461 e. The number of allylic oxidation sites excluding steroid dienone is 1. The Morgan fingerprint density at radius 2 is 1.92 bits per heavy atom. The summed E-state index contributed by atoms with van der Waals surface area (Å²) in [5.74, 6) is -10.2. The number of fused-ring (bicyclic) bond motifs is 1. The van der Waals surface area contributed by atoms with Gasteiger partial charge in [0.2, 0.25) is 0 Å². The molecule has 0 saturated carbocycles. The number of carbonyl (C=O) groups is 1. The maximum absolute atomic E-state index is 13.7. The van der Waals surface area contributed by atoms with Gasteiger partial charge in [0.05, 0.1) is 12.0 Å². The number of aliphatic hydroxyl groups is 1. The van der Waals surface area contributed by atoms with Gasteiger partial charge in [-0.1, -0.05) is 0 Å². The van der Waals surface area contributed by atoms with Crippen LogP contribution in [0.15, 0.2) is 29.5 Å². The van der Waals surface area contributed by atoms with Crippen molar-refractivity contribution in [2.45, 2.75) is 18.2 Å². The molecule has 136 valence electrons. The lowest BCUT2D eigenvalue weighted by Crippen LogP contribution is -2.43. The van der Waals surface area contributed by atoms with E-state index in [2.05, 4.69) is 9.47 Å². The van der Waals surface area contributed by atoms with E-state index in [0.717, 1.165) is 12.1 Å². The van der Waals surface area contributed by atoms with Gasteiger partial charge in [0.1, 0.15) is 17.4 Å². The van der Waals surface area contributed by atoms with Gasteiger partial charge in [0.15, 0.2) is 5.76 Å². The first kappa shape index (κ1) is 18.6. The number of nitro benzene ring substituents is 1. The summed E-state index contributed by atoms with van der Waals surface area (Å²) >= 11 is 0. The molecule has 0 bridgehead atoms. The Balaban J connectivity index is 2.70. The van der Waals surface area contributed by atoms with Crippen molar-refractivity contribution in [3.05, 3.63) is 45.2 Å². The van der Waals surface area contributed by atoms with Crippen molar-refractivity contribution in [3.63, 3.8) is 0 Å². The maximum atomic E-state index is 13.7. The van der Waals surface area contributed by atoms with Crippen LogP contribution in [-0.4, -0.2) is 35.2 Å². The molecule has 0 fully saturated rings. The molecule has 1 unspecified atom stereocenters. The molecule has 1 aliphatic heterocycles. The van der Waals surface area contributed by atoms with E-state index in [-0.39, 0.29) is 0 Å². The number of nitro groups is 1. The van der Waals surface area contributed by atoms with Crippen LogP contribution in [-0.2, 0) is 9.53 Å². The molecule has 1 atom stereocenters. The van der Waals surface area contributed by atoms with Crippen molar-refractivity contribution >= 4 is 11.7 Å². The van der Waals surface area contributed by atoms with Gasteiger partial charge in [-0.2, -0.15) is 22.0 Å². The molecule has 7 nitrogen and oxygen atoms in total. The third kappa shape index (κ3) is 2.99. The Hall–Kier alpha value is -2.76. The van der Waals surface area contributed by atoms with Crippen molar-refractivity contribution in [3.8, 4) is 5.75 Å². The lowest BCUT2D eigenvalue weighted by Gasteiger charge is -2.30. The molecule has 0 spiro atoms. The van der Waals surface area contributed by atoms with E-state index in [1.54, 1.807) is 0 Å². The Labute approximate surface area is 135 Å². The second-order valence-electron chi connectivity index (χ2n) is 4.79. The van der Waals surface area contributed by atoms with Crippen LogP contribution in [0.4, 0.5) is 27.6 Å². The molecule has 1 N–H and O–H groups in total. The van der Waals surface area contributed by atoms with E-state index < -0.39 is 57.4 Å². The number of non-ortho nitro benzene ring substituents is 1. The normalized spacial score (nSPS) is 17.6. The zero-order valence-electron chi connectivity index (χ0n) is 12.1. The third-order valence-corrected chi connectivity index (χ3v) is 3.28. The summed E-state index contributed by atoms with van der Waals surface area (Å²) in [6.07, 6.45) is -8.47. The van der Waals surface area contributed by atoms with Crippen molar-refractivity contribution in [2.75, 3.05) is 7.11 Å². The summed E-state index contributed by atoms with van der Waals surface area (Å²) in [7, 11) is 0.689. The van der Waals surface area contributed by atoms with Crippen molar-refractivity contribution in [1.29, 1.82) is 0 Å². The average Bonchev–Trinajstić information content (AvgIpc) is 2.52. The Kier molecular flexibility index (Phi) is 4.42. The minimum absolute atomic E-state index is 0.531. The van der Waals surface area contributed by atoms with Crippen LogP contribution in [0.25, 0.3) is 0 Å². The number of esters is 1. The van der Waals surface area contributed by atoms with Crippen LogP contribution in [0.1, 0.15) is 11.7 Å². The highest BCUT2D eigenvalue weighted by Crippen LogP contribution is 2.49. The highest BCUT2D eigenvalue weighted by molar-refractivity contribution is 5.91. The number of aliphatic hydroxyl groups excluding tert-OH is 1. The number of carbonyl (C=O) groups excluding carboxylic acids is 1. The molecule has 1 aromatic carbocycles. The summed E-state index contributed by atoms with van der Waals surface area (Å²) in [5.41, 5.74) is -2.63. The minimum Gasteiger partial charge on any atom is -0.465 e. The Bertz CT molecular complexity index is 773. The van der Waals surface area contributed by atoms with Gasteiger partial charge in [-0.3, -0.25) is 10.1 Å². The lowest BCUT2D eigenvalue weighted by atomic mass is 9.94. The molecule has 0 aliphatic carbocycles. The van der Waals surface area contributed by atoms with Crippen LogP contribution in [0.2, 0.25) is 0 Å². The average molecular weight is 369 g/mol. The number of methoxy groups -OCH3 is 1. The van der Waals surface area contributed by atoms with Gasteiger partial charge in [0, 0.05) is 17.7 Å². The molecule has 0 aromatic heterocycles. The van der Waals surface area contributed by atoms with Crippen LogP contribution in [0, 0.1) is 10.1 Å². The van der Waals surface area contributed by atoms with Crippen LogP contribution < -0.4 is 4.74 Å². The van der Waals surface area contributed by atoms with E-state index in [0.29, 0.717) is 13.2 Å². The van der Waals surface area contributed by atoms with Gasteiger partial charge in [-0.05, 0) is 6.07 Å². The molecule has 0 amide bonds. The first-order valence-corrected chi connectivity index (χ1v) is 6.33. The molecule has 0 saturated heterocycles. The van der Waals surface area contributed by atoms with Gasteiger partial charge >= 0.3 is 18.1 Å². The van der Waals surface area contributed by atoms with Crippen LogP contribution in [0.5, 0.6) is 5.75 Å². The SMILES string of the molecule is COC(=O)C1=C(C(F)(F)C(F)(F)F)Oc2ccc([N+](=O)[O-])cc2C1O. The topological polar surface area (TPSA) is 98.9 Å². The summed E-state index contributed by atoms with van der Waals surface area (Å²) in [5, 5.41) is 20.8. The molecule has 1 heterocycles.